The average molecular weight is 472 g/mol. The van der Waals surface area contributed by atoms with Crippen LogP contribution in [0.2, 0.25) is 5.02 Å². The molecule has 0 radical (unpaired) electrons. The van der Waals surface area contributed by atoms with Crippen molar-refractivity contribution in [3.63, 3.8) is 0 Å². The molecule has 1 N–H and O–H groups in total. The Morgan fingerprint density at radius 1 is 1.19 bits per heavy atom. The highest BCUT2D eigenvalue weighted by atomic mass is 35.5. The highest BCUT2D eigenvalue weighted by Crippen LogP contribution is 2.44. The zero-order valence-corrected chi connectivity index (χ0v) is 17.8. The lowest BCUT2D eigenvalue weighted by Crippen LogP contribution is -2.31. The van der Waals surface area contributed by atoms with E-state index in [1.165, 1.54) is 46.7 Å². The van der Waals surface area contributed by atoms with Gasteiger partial charge in [-0.05, 0) is 29.8 Å². The number of carbonyl (C=O) groups is 2. The Kier molecular flexibility index (Phi) is 4.81. The molecule has 0 aliphatic carbocycles. The van der Waals surface area contributed by atoms with Crippen LogP contribution >= 0.6 is 34.3 Å². The van der Waals surface area contributed by atoms with E-state index in [0.717, 1.165) is 16.0 Å². The maximum Gasteiger partial charge on any atom is 0.296 e. The van der Waals surface area contributed by atoms with Crippen LogP contribution in [-0.2, 0) is 4.79 Å². The predicted octanol–water partition coefficient (Wildman–Crippen LogP) is 5.33. The molecule has 3 heterocycles. The molecule has 0 saturated heterocycles. The minimum absolute atomic E-state index is 0.128. The fourth-order valence-electron chi connectivity index (χ4n) is 3.45. The summed E-state index contributed by atoms with van der Waals surface area (Å²) in [5, 5.41) is 13.1. The van der Waals surface area contributed by atoms with E-state index in [9.17, 15) is 19.1 Å². The van der Waals surface area contributed by atoms with Crippen molar-refractivity contribution in [2.24, 2.45) is 0 Å². The van der Waals surface area contributed by atoms with Gasteiger partial charge in [0.25, 0.3) is 5.91 Å². The van der Waals surface area contributed by atoms with Crippen LogP contribution in [0.1, 0.15) is 21.4 Å². The summed E-state index contributed by atoms with van der Waals surface area (Å²) in [6.07, 6.45) is 1.46. The van der Waals surface area contributed by atoms with Crippen molar-refractivity contribution >= 4 is 61.3 Å². The highest BCUT2D eigenvalue weighted by Gasteiger charge is 2.46. The topological polar surface area (TPSA) is 83.4 Å². The summed E-state index contributed by atoms with van der Waals surface area (Å²) < 4.78 is 14.3. The Balaban J connectivity index is 1.70. The van der Waals surface area contributed by atoms with Gasteiger partial charge in [-0.3, -0.25) is 14.5 Å². The molecule has 0 spiro atoms. The first-order valence-electron chi connectivity index (χ1n) is 8.97. The van der Waals surface area contributed by atoms with Gasteiger partial charge in [-0.25, -0.2) is 14.4 Å². The molecule has 2 aromatic heterocycles. The molecule has 0 bridgehead atoms. The summed E-state index contributed by atoms with van der Waals surface area (Å²) in [6.45, 7) is 0. The molecular formula is C21H11ClFN3O3S2. The predicted molar refractivity (Wildman–Crippen MR) is 117 cm³/mol. The van der Waals surface area contributed by atoms with Crippen molar-refractivity contribution in [2.75, 3.05) is 4.90 Å². The van der Waals surface area contributed by atoms with Crippen LogP contribution in [0, 0.1) is 5.82 Å². The lowest BCUT2D eigenvalue weighted by molar-refractivity contribution is -0.117. The lowest BCUT2D eigenvalue weighted by atomic mass is 9.96. The van der Waals surface area contributed by atoms with Gasteiger partial charge in [0.1, 0.15) is 11.3 Å². The average Bonchev–Trinajstić information content (AvgIpc) is 3.48. The lowest BCUT2D eigenvalue weighted by Gasteiger charge is -2.24. The number of amides is 1. The summed E-state index contributed by atoms with van der Waals surface area (Å²) in [4.78, 5) is 36.0. The van der Waals surface area contributed by atoms with Crippen molar-refractivity contribution in [2.45, 2.75) is 6.04 Å². The monoisotopic (exact) mass is 471 g/mol. The largest absolute Gasteiger partial charge is 0.503 e. The van der Waals surface area contributed by atoms with E-state index in [4.69, 9.17) is 11.6 Å². The normalized spacial score (nSPS) is 16.5. The molecule has 10 heteroatoms. The Morgan fingerprint density at radius 2 is 1.97 bits per heavy atom. The number of benzene rings is 2. The van der Waals surface area contributed by atoms with Crippen molar-refractivity contribution < 1.29 is 19.1 Å². The number of halogens is 2. The molecule has 31 heavy (non-hydrogen) atoms. The molecule has 4 aromatic rings. The smallest absolute Gasteiger partial charge is 0.296 e. The number of aliphatic hydroxyl groups excluding tert-OH is 1. The number of thiazole rings is 2. The van der Waals surface area contributed by atoms with E-state index in [1.807, 2.05) is 6.07 Å². The maximum absolute atomic E-state index is 13.6. The summed E-state index contributed by atoms with van der Waals surface area (Å²) in [7, 11) is 0. The summed E-state index contributed by atoms with van der Waals surface area (Å²) >= 11 is 8.54. The molecule has 1 amide bonds. The minimum atomic E-state index is -0.996. The number of carbonyl (C=O) groups excluding carboxylic acids is 2. The molecular weight excluding hydrogens is 461 g/mol. The van der Waals surface area contributed by atoms with Gasteiger partial charge >= 0.3 is 0 Å². The summed E-state index contributed by atoms with van der Waals surface area (Å²) in [6, 6.07) is 9.66. The molecule has 1 aliphatic rings. The van der Waals surface area contributed by atoms with E-state index in [0.29, 0.717) is 16.1 Å². The van der Waals surface area contributed by atoms with Gasteiger partial charge in [0, 0.05) is 11.6 Å². The quantitative estimate of drug-likeness (QED) is 0.407. The summed E-state index contributed by atoms with van der Waals surface area (Å²) in [5.74, 6) is -2.49. The fraction of sp³-hybridized carbons (Fsp3) is 0.0476. The number of Topliss-reactive ketones (excluding diaryl/α,β-unsaturated/α-hetero) is 1. The van der Waals surface area contributed by atoms with E-state index >= 15 is 0 Å². The standard InChI is InChI=1S/C21H11ClFN3O3S2/c22-12-2-1-3-13-15(12)25-21(31-13)26-16(10-4-6-11(23)7-5-10)14(18(28)20(26)29)17(27)19-24-8-9-30-19/h1-9,16,28H. The van der Waals surface area contributed by atoms with Crippen LogP contribution in [0.3, 0.4) is 0 Å². The number of anilines is 1. The number of hydrogen-bond acceptors (Lipinski definition) is 7. The molecule has 6 nitrogen and oxygen atoms in total. The number of aromatic nitrogens is 2. The first-order valence-corrected chi connectivity index (χ1v) is 11.0. The number of fused-ring (bicyclic) bond motifs is 1. The van der Waals surface area contributed by atoms with E-state index in [2.05, 4.69) is 9.97 Å². The molecule has 154 valence electrons. The van der Waals surface area contributed by atoms with Crippen molar-refractivity contribution in [1.29, 1.82) is 0 Å². The zero-order chi connectivity index (χ0) is 21.7. The van der Waals surface area contributed by atoms with Crippen molar-refractivity contribution in [1.82, 2.24) is 9.97 Å². The van der Waals surface area contributed by atoms with Crippen LogP contribution in [0.4, 0.5) is 9.52 Å². The van der Waals surface area contributed by atoms with Crippen molar-refractivity contribution in [3.8, 4) is 0 Å². The van der Waals surface area contributed by atoms with E-state index in [-0.39, 0.29) is 15.7 Å². The second-order valence-electron chi connectivity index (χ2n) is 6.64. The third-order valence-electron chi connectivity index (χ3n) is 4.83. The second kappa shape index (κ2) is 7.52. The molecule has 1 atom stereocenters. The number of para-hydroxylation sites is 1. The first-order chi connectivity index (χ1) is 15.0. The van der Waals surface area contributed by atoms with Gasteiger partial charge in [0.2, 0.25) is 5.78 Å². The van der Waals surface area contributed by atoms with Crippen LogP contribution < -0.4 is 4.90 Å². The second-order valence-corrected chi connectivity index (χ2v) is 8.95. The Bertz CT molecular complexity index is 1370. The Labute approximate surface area is 187 Å². The Hall–Kier alpha value is -3.14. The van der Waals surface area contributed by atoms with Gasteiger partial charge in [0.15, 0.2) is 15.9 Å². The molecule has 5 rings (SSSR count). The number of hydrogen-bond donors (Lipinski definition) is 1. The van der Waals surface area contributed by atoms with Crippen LogP contribution in [0.15, 0.2) is 65.4 Å². The molecule has 0 saturated carbocycles. The Morgan fingerprint density at radius 3 is 2.65 bits per heavy atom. The number of aliphatic hydroxyl groups is 1. The SMILES string of the molecule is O=C(C1=C(O)C(=O)N(c2nc3c(Cl)cccc3s2)C1c1ccc(F)cc1)c1nccs1. The van der Waals surface area contributed by atoms with E-state index in [1.54, 1.807) is 17.5 Å². The van der Waals surface area contributed by atoms with E-state index < -0.39 is 29.3 Å². The van der Waals surface area contributed by atoms with Crippen molar-refractivity contribution in [3.05, 3.63) is 86.8 Å². The molecule has 1 unspecified atom stereocenters. The van der Waals surface area contributed by atoms with Gasteiger partial charge in [0.05, 0.1) is 21.3 Å². The van der Waals surface area contributed by atoms with Crippen LogP contribution in [0.5, 0.6) is 0 Å². The van der Waals surface area contributed by atoms with Gasteiger partial charge in [-0.15, -0.1) is 11.3 Å². The third kappa shape index (κ3) is 3.21. The third-order valence-corrected chi connectivity index (χ3v) is 6.93. The van der Waals surface area contributed by atoms with Gasteiger partial charge < -0.3 is 5.11 Å². The first kappa shape index (κ1) is 19.8. The fourth-order valence-corrected chi connectivity index (χ4v) is 5.33. The molecule has 2 aromatic carbocycles. The van der Waals surface area contributed by atoms with Gasteiger partial charge in [-0.1, -0.05) is 41.1 Å². The maximum atomic E-state index is 13.6. The molecule has 1 aliphatic heterocycles. The molecule has 0 fully saturated rings. The zero-order valence-electron chi connectivity index (χ0n) is 15.5. The minimum Gasteiger partial charge on any atom is -0.503 e. The van der Waals surface area contributed by atoms with Gasteiger partial charge in [-0.2, -0.15) is 0 Å². The number of nitrogens with zero attached hydrogens (tertiary/aromatic N) is 3. The van der Waals surface area contributed by atoms with Crippen LogP contribution in [-0.4, -0.2) is 26.8 Å². The number of ketones is 1. The van der Waals surface area contributed by atoms with Crippen LogP contribution in [0.25, 0.3) is 10.2 Å². The summed E-state index contributed by atoms with van der Waals surface area (Å²) in [5.41, 5.74) is 0.829. The number of rotatable bonds is 4. The highest BCUT2D eigenvalue weighted by molar-refractivity contribution is 7.22.